The van der Waals surface area contributed by atoms with Gasteiger partial charge in [0.15, 0.2) is 12.1 Å². The zero-order valence-corrected chi connectivity index (χ0v) is 16.5. The Morgan fingerprint density at radius 2 is 1.90 bits per heavy atom. The van der Waals surface area contributed by atoms with E-state index in [1.807, 2.05) is 0 Å². The molecule has 9 nitrogen and oxygen atoms in total. The molecule has 0 atom stereocenters. The fourth-order valence-electron chi connectivity index (χ4n) is 3.03. The van der Waals surface area contributed by atoms with E-state index in [-0.39, 0.29) is 27.4 Å². The van der Waals surface area contributed by atoms with E-state index in [1.165, 1.54) is 19.1 Å². The molecule has 0 radical (unpaired) electrons. The topological polar surface area (TPSA) is 169 Å². The molecule has 0 amide bonds. The number of amidine groups is 1. The van der Waals surface area contributed by atoms with Gasteiger partial charge in [0.25, 0.3) is 10.0 Å². The van der Waals surface area contributed by atoms with E-state index >= 15 is 0 Å². The number of Topliss-reactive ketones (excluding diaryl/α,β-unsaturated/α-hetero) is 1. The molecule has 0 saturated heterocycles. The van der Waals surface area contributed by atoms with Crippen molar-refractivity contribution < 1.29 is 23.4 Å². The number of nitrogens with two attached hydrogens (primary N) is 1. The van der Waals surface area contributed by atoms with Crippen LogP contribution in [0.1, 0.15) is 28.4 Å². The quantitative estimate of drug-likeness (QED) is 0.144. The van der Waals surface area contributed by atoms with Gasteiger partial charge >= 0.3 is 0 Å². The van der Waals surface area contributed by atoms with Gasteiger partial charge in [-0.2, -0.15) is 0 Å². The van der Waals surface area contributed by atoms with Gasteiger partial charge in [0.1, 0.15) is 11.5 Å². The number of carbonyl (C=O) groups excluding carboxylic acids is 1. The maximum atomic E-state index is 12.9. The number of nitrogen functional groups attached to an aromatic ring is 1. The van der Waals surface area contributed by atoms with Gasteiger partial charge in [-0.25, -0.2) is 8.42 Å². The van der Waals surface area contributed by atoms with Crippen LogP contribution >= 0.6 is 0 Å². The Labute approximate surface area is 166 Å². The van der Waals surface area contributed by atoms with E-state index in [0.29, 0.717) is 22.0 Å². The van der Waals surface area contributed by atoms with Crippen molar-refractivity contribution in [1.29, 1.82) is 5.41 Å². The molecule has 1 aromatic heterocycles. The van der Waals surface area contributed by atoms with Gasteiger partial charge in [0.05, 0.1) is 10.2 Å². The molecule has 0 saturated carbocycles. The molecule has 10 heteroatoms. The molecular formula is C19H20N4O5S. The number of ketones is 1. The van der Waals surface area contributed by atoms with Crippen LogP contribution in [0.15, 0.2) is 41.3 Å². The Balaban J connectivity index is 2.21. The number of nitrogens with one attached hydrogen (secondary N) is 3. The monoisotopic (exact) mass is 416 g/mol. The molecule has 0 aliphatic rings. The third kappa shape index (κ3) is 3.99. The molecule has 3 rings (SSSR count). The molecule has 0 aliphatic heterocycles. The van der Waals surface area contributed by atoms with E-state index in [2.05, 4.69) is 9.71 Å². The van der Waals surface area contributed by atoms with E-state index in [0.717, 1.165) is 0 Å². The summed E-state index contributed by atoms with van der Waals surface area (Å²) in [7, 11) is -4.26. The average molecular weight is 416 g/mol. The number of hydrogen-bond acceptors (Lipinski definition) is 6. The summed E-state index contributed by atoms with van der Waals surface area (Å²) in [5.41, 5.74) is 6.79. The summed E-state index contributed by atoms with van der Waals surface area (Å²) >= 11 is 0. The number of hydrogen-bond donors (Lipinski definition) is 6. The van der Waals surface area contributed by atoms with Crippen LogP contribution in [0.4, 0.5) is 0 Å². The van der Waals surface area contributed by atoms with Gasteiger partial charge in [0.2, 0.25) is 0 Å². The number of H-pyrrole nitrogens is 1. The van der Waals surface area contributed by atoms with Crippen molar-refractivity contribution in [2.24, 2.45) is 5.73 Å². The zero-order valence-electron chi connectivity index (χ0n) is 15.6. The Morgan fingerprint density at radius 1 is 1.21 bits per heavy atom. The summed E-state index contributed by atoms with van der Waals surface area (Å²) in [6.07, 6.45) is -2.17. The van der Waals surface area contributed by atoms with E-state index < -0.39 is 22.0 Å². The highest BCUT2D eigenvalue weighted by Crippen LogP contribution is 2.18. The maximum Gasteiger partial charge on any atom is 0.261 e. The van der Waals surface area contributed by atoms with Gasteiger partial charge in [-0.05, 0) is 55.8 Å². The number of aliphatic hydroxyl groups excluding tert-OH is 1. The van der Waals surface area contributed by atoms with Crippen molar-refractivity contribution in [2.75, 3.05) is 0 Å². The lowest BCUT2D eigenvalue weighted by atomic mass is 10.1. The van der Waals surface area contributed by atoms with Gasteiger partial charge in [-0.3, -0.25) is 14.9 Å². The zero-order chi connectivity index (χ0) is 21.5. The Morgan fingerprint density at radius 3 is 2.48 bits per heavy atom. The lowest BCUT2D eigenvalue weighted by Gasteiger charge is -2.14. The largest absolute Gasteiger partial charge is 0.384 e. The highest BCUT2D eigenvalue weighted by atomic mass is 32.2. The number of aliphatic hydroxyl groups is 2. The number of carbonyl (C=O) groups is 1. The predicted molar refractivity (Wildman–Crippen MR) is 108 cm³/mol. The van der Waals surface area contributed by atoms with Gasteiger partial charge in [-0.1, -0.05) is 0 Å². The summed E-state index contributed by atoms with van der Waals surface area (Å²) in [5, 5.41) is 27.8. The number of sulfonamides is 1. The smallest absolute Gasteiger partial charge is 0.261 e. The number of rotatable bonds is 6. The first-order valence-corrected chi connectivity index (χ1v) is 9.99. The van der Waals surface area contributed by atoms with Crippen LogP contribution in [-0.4, -0.2) is 41.5 Å². The lowest BCUT2D eigenvalue weighted by Crippen LogP contribution is -2.34. The number of fused-ring (bicyclic) bond motifs is 2. The molecule has 152 valence electrons. The van der Waals surface area contributed by atoms with Crippen molar-refractivity contribution in [3.8, 4) is 0 Å². The summed E-state index contributed by atoms with van der Waals surface area (Å²) in [6.45, 7) is 2.97. The lowest BCUT2D eigenvalue weighted by molar-refractivity contribution is 0.00744. The van der Waals surface area contributed by atoms with Gasteiger partial charge < -0.3 is 20.9 Å². The minimum absolute atomic E-state index is 0.0771. The van der Waals surface area contributed by atoms with Crippen LogP contribution in [0, 0.1) is 12.3 Å². The molecule has 0 aliphatic carbocycles. The van der Waals surface area contributed by atoms with E-state index in [9.17, 15) is 23.4 Å². The van der Waals surface area contributed by atoms with Crippen LogP contribution in [0.5, 0.6) is 0 Å². The van der Waals surface area contributed by atoms with Crippen molar-refractivity contribution >= 4 is 38.2 Å². The van der Waals surface area contributed by atoms with Crippen LogP contribution in [-0.2, 0) is 10.0 Å². The second-order valence-electron chi connectivity index (χ2n) is 6.66. The predicted octanol–water partition coefficient (Wildman–Crippen LogP) is 0.0793. The first kappa shape index (κ1) is 20.5. The molecule has 1 heterocycles. The Bertz CT molecular complexity index is 1290. The molecule has 7 N–H and O–H groups in total. The van der Waals surface area contributed by atoms with Crippen molar-refractivity contribution in [3.63, 3.8) is 0 Å². The van der Waals surface area contributed by atoms with E-state index in [1.54, 1.807) is 31.2 Å². The SMILES string of the molecule is CC(=O)c1cc(C)cc(S(=O)(=O)NC(=c2[nH]c3ccc(C(=N)N)c2c3)C(O)O)c1. The summed E-state index contributed by atoms with van der Waals surface area (Å²) in [4.78, 5) is 14.4. The fourth-order valence-corrected chi connectivity index (χ4v) is 4.27. The van der Waals surface area contributed by atoms with Gasteiger partial charge in [0, 0.05) is 22.0 Å². The van der Waals surface area contributed by atoms with Crippen molar-refractivity contribution in [3.05, 3.63) is 58.4 Å². The molecule has 3 aromatic rings. The fraction of sp³-hybridized carbons (Fsp3) is 0.158. The number of aromatic amines is 1. The normalized spacial score (nSPS) is 13.0. The Kier molecular flexibility index (Phi) is 5.18. The second kappa shape index (κ2) is 7.32. The molecule has 0 fully saturated rings. The maximum absolute atomic E-state index is 12.9. The molecule has 0 unspecified atom stereocenters. The third-order valence-corrected chi connectivity index (χ3v) is 5.73. The minimum Gasteiger partial charge on any atom is -0.384 e. The summed E-state index contributed by atoms with van der Waals surface area (Å²) in [6, 6.07) is 8.95. The second-order valence-corrected chi connectivity index (χ2v) is 8.34. The highest BCUT2D eigenvalue weighted by molar-refractivity contribution is 7.89. The minimum atomic E-state index is -4.26. The molecule has 29 heavy (non-hydrogen) atoms. The summed E-state index contributed by atoms with van der Waals surface area (Å²) < 4.78 is 28.0. The molecular weight excluding hydrogens is 396 g/mol. The molecule has 0 spiro atoms. The molecule has 2 bridgehead atoms. The van der Waals surface area contributed by atoms with Crippen LogP contribution in [0.2, 0.25) is 0 Å². The van der Waals surface area contributed by atoms with Crippen LogP contribution in [0.3, 0.4) is 0 Å². The highest BCUT2D eigenvalue weighted by Gasteiger charge is 2.22. The van der Waals surface area contributed by atoms with Crippen LogP contribution in [0.25, 0.3) is 16.6 Å². The van der Waals surface area contributed by atoms with E-state index in [4.69, 9.17) is 11.1 Å². The van der Waals surface area contributed by atoms with Gasteiger partial charge in [-0.15, -0.1) is 0 Å². The Hall–Kier alpha value is -3.21. The first-order chi connectivity index (χ1) is 13.5. The average Bonchev–Trinajstić information content (AvgIpc) is 2.94. The summed E-state index contributed by atoms with van der Waals surface area (Å²) in [5.74, 6) is -0.558. The third-order valence-electron chi connectivity index (χ3n) is 4.39. The standard InChI is InChI=1S/C19H20N4O5S/c1-9-5-11(10(2)24)7-13(6-9)29(27,28)23-17(19(25)26)16-15-8-12(22-16)3-4-14(15)18(20)21/h3-8,19,22-23,25-26H,1-2H3,(H3,20,21). The van der Waals surface area contributed by atoms with Crippen molar-refractivity contribution in [2.45, 2.75) is 25.0 Å². The molecule has 2 aromatic carbocycles. The number of aryl methyl sites for hydroxylation is 1. The van der Waals surface area contributed by atoms with Crippen LogP contribution < -0.4 is 15.8 Å². The number of aromatic nitrogens is 1. The van der Waals surface area contributed by atoms with Crippen molar-refractivity contribution in [1.82, 2.24) is 9.71 Å². The first-order valence-electron chi connectivity index (χ1n) is 8.51. The number of benzene rings is 2.